The van der Waals surface area contributed by atoms with Gasteiger partial charge in [-0.1, -0.05) is 54.6 Å². The van der Waals surface area contributed by atoms with Crippen LogP contribution < -0.4 is 5.73 Å². The molecule has 3 rings (SSSR count). The van der Waals surface area contributed by atoms with Crippen LogP contribution in [0.2, 0.25) is 0 Å². The van der Waals surface area contributed by atoms with Crippen LogP contribution >= 0.6 is 0 Å². The Labute approximate surface area is 146 Å². The van der Waals surface area contributed by atoms with E-state index in [1.165, 1.54) is 30.0 Å². The van der Waals surface area contributed by atoms with Crippen LogP contribution in [0.25, 0.3) is 10.8 Å². The molecule has 0 amide bonds. The maximum absolute atomic E-state index is 10.6. The molecule has 0 unspecified atom stereocenters. The second kappa shape index (κ2) is 9.85. The fourth-order valence-corrected chi connectivity index (χ4v) is 2.12. The maximum Gasteiger partial charge on any atom is 0.335 e. The van der Waals surface area contributed by atoms with Gasteiger partial charge in [0, 0.05) is 0 Å². The van der Waals surface area contributed by atoms with E-state index in [4.69, 9.17) is 10.2 Å². The summed E-state index contributed by atoms with van der Waals surface area (Å²) in [5.41, 5.74) is 5.07. The third kappa shape index (κ3) is 5.75. The lowest BCUT2D eigenvalue weighted by molar-refractivity contribution is 0.0695. The van der Waals surface area contributed by atoms with E-state index in [1.54, 1.807) is 6.92 Å². The van der Waals surface area contributed by atoms with E-state index in [-0.39, 0.29) is 11.1 Å². The summed E-state index contributed by atoms with van der Waals surface area (Å²) >= 11 is 0. The van der Waals surface area contributed by atoms with Crippen molar-refractivity contribution in [2.45, 2.75) is 6.92 Å². The molecule has 4 N–H and O–H groups in total. The van der Waals surface area contributed by atoms with E-state index in [1.807, 2.05) is 0 Å². The van der Waals surface area contributed by atoms with Gasteiger partial charge >= 0.3 is 11.9 Å². The molecule has 0 aliphatic heterocycles. The molecule has 5 nitrogen and oxygen atoms in total. The van der Waals surface area contributed by atoms with Crippen molar-refractivity contribution in [1.82, 2.24) is 0 Å². The zero-order valence-electron chi connectivity index (χ0n) is 14.1. The Morgan fingerprint density at radius 1 is 0.760 bits per heavy atom. The van der Waals surface area contributed by atoms with Crippen LogP contribution in [0.1, 0.15) is 26.3 Å². The highest BCUT2D eigenvalue weighted by atomic mass is 16.4. The Bertz CT molecular complexity index is 794. The van der Waals surface area contributed by atoms with Gasteiger partial charge in [0.05, 0.1) is 11.1 Å². The van der Waals surface area contributed by atoms with Gasteiger partial charge in [-0.3, -0.25) is 0 Å². The molecular weight excluding hydrogens is 318 g/mol. The number of carboxylic acids is 2. The van der Waals surface area contributed by atoms with Gasteiger partial charge in [0.2, 0.25) is 0 Å². The minimum atomic E-state index is -1.12. The second-order valence-corrected chi connectivity index (χ2v) is 4.99. The van der Waals surface area contributed by atoms with Crippen molar-refractivity contribution in [3.05, 3.63) is 83.4 Å². The molecular formula is C20H21NO4. The molecule has 0 saturated heterocycles. The number of carboxylic acid groups (broad SMARTS) is 2. The standard InChI is InChI=1S/C10H8.C9H8O4.CH5N/c1-2-6-10-8-4-3-7-9(10)5-1;1-5-2-3-6(8(10)11)4-7(5)9(12)13;1-2/h1-8H;2-4H,1H3,(H,10,11)(H,12,13);2H2,1H3. The third-order valence-corrected chi connectivity index (χ3v) is 3.37. The van der Waals surface area contributed by atoms with Gasteiger partial charge in [-0.15, -0.1) is 0 Å². The number of carbonyl (C=O) groups is 2. The van der Waals surface area contributed by atoms with Gasteiger partial charge in [-0.05, 0) is 42.4 Å². The summed E-state index contributed by atoms with van der Waals surface area (Å²) in [6.45, 7) is 1.62. The molecule has 0 bridgehead atoms. The van der Waals surface area contributed by atoms with Crippen molar-refractivity contribution >= 4 is 22.7 Å². The minimum absolute atomic E-state index is 0.0111. The second-order valence-electron chi connectivity index (χ2n) is 4.99. The Morgan fingerprint density at radius 2 is 1.20 bits per heavy atom. The average molecular weight is 339 g/mol. The molecule has 25 heavy (non-hydrogen) atoms. The summed E-state index contributed by atoms with van der Waals surface area (Å²) < 4.78 is 0. The summed E-state index contributed by atoms with van der Waals surface area (Å²) in [7, 11) is 1.50. The quantitative estimate of drug-likeness (QED) is 0.659. The summed E-state index contributed by atoms with van der Waals surface area (Å²) in [5, 5.41) is 19.9. The molecule has 0 radical (unpaired) electrons. The average Bonchev–Trinajstić information content (AvgIpc) is 2.64. The number of benzene rings is 3. The number of aryl methyl sites for hydroxylation is 1. The summed E-state index contributed by atoms with van der Waals surface area (Å²) in [6, 6.07) is 20.7. The van der Waals surface area contributed by atoms with Gasteiger partial charge in [0.1, 0.15) is 0 Å². The first-order valence-corrected chi connectivity index (χ1v) is 7.58. The van der Waals surface area contributed by atoms with Crippen LogP contribution in [-0.2, 0) is 0 Å². The number of nitrogens with two attached hydrogens (primary N) is 1. The number of fused-ring (bicyclic) bond motifs is 1. The molecule has 5 heteroatoms. The highest BCUT2D eigenvalue weighted by Crippen LogP contribution is 2.12. The van der Waals surface area contributed by atoms with Crippen LogP contribution in [0.4, 0.5) is 0 Å². The lowest BCUT2D eigenvalue weighted by atomic mass is 10.1. The molecule has 0 spiro atoms. The molecule has 3 aromatic carbocycles. The van der Waals surface area contributed by atoms with Gasteiger partial charge in [0.25, 0.3) is 0 Å². The van der Waals surface area contributed by atoms with E-state index in [2.05, 4.69) is 54.3 Å². The van der Waals surface area contributed by atoms with Crippen molar-refractivity contribution < 1.29 is 19.8 Å². The molecule has 130 valence electrons. The largest absolute Gasteiger partial charge is 0.478 e. The first-order chi connectivity index (χ1) is 12.0. The van der Waals surface area contributed by atoms with Gasteiger partial charge < -0.3 is 15.9 Å². The first-order valence-electron chi connectivity index (χ1n) is 7.58. The monoisotopic (exact) mass is 339 g/mol. The number of aromatic carboxylic acids is 2. The molecule has 3 aromatic rings. The van der Waals surface area contributed by atoms with Crippen LogP contribution in [0, 0.1) is 6.92 Å². The topological polar surface area (TPSA) is 101 Å². The molecule has 0 heterocycles. The van der Waals surface area contributed by atoms with E-state index < -0.39 is 11.9 Å². The Kier molecular flexibility index (Phi) is 7.82. The van der Waals surface area contributed by atoms with E-state index in [0.717, 1.165) is 6.07 Å². The number of hydrogen-bond donors (Lipinski definition) is 3. The number of hydrogen-bond acceptors (Lipinski definition) is 3. The van der Waals surface area contributed by atoms with Crippen LogP contribution in [0.5, 0.6) is 0 Å². The van der Waals surface area contributed by atoms with Gasteiger partial charge in [0.15, 0.2) is 0 Å². The molecule has 0 atom stereocenters. The zero-order chi connectivity index (χ0) is 18.8. The molecule has 0 aliphatic carbocycles. The Morgan fingerprint density at radius 3 is 1.56 bits per heavy atom. The summed E-state index contributed by atoms with van der Waals surface area (Å²) in [5.74, 6) is -2.23. The maximum atomic E-state index is 10.6. The van der Waals surface area contributed by atoms with Crippen molar-refractivity contribution in [2.75, 3.05) is 7.05 Å². The molecule has 0 aliphatic rings. The smallest absolute Gasteiger partial charge is 0.335 e. The van der Waals surface area contributed by atoms with Gasteiger partial charge in [-0.2, -0.15) is 0 Å². The molecule has 0 aromatic heterocycles. The summed E-state index contributed by atoms with van der Waals surface area (Å²) in [4.78, 5) is 21.1. The molecule has 0 fully saturated rings. The normalized spacial score (nSPS) is 9.24. The summed E-state index contributed by atoms with van der Waals surface area (Å²) in [6.07, 6.45) is 0. The fourth-order valence-electron chi connectivity index (χ4n) is 2.12. The van der Waals surface area contributed by atoms with Crippen molar-refractivity contribution in [2.24, 2.45) is 5.73 Å². The minimum Gasteiger partial charge on any atom is -0.478 e. The first kappa shape index (κ1) is 19.9. The Hall–Kier alpha value is -3.18. The van der Waals surface area contributed by atoms with Crippen LogP contribution in [0.3, 0.4) is 0 Å². The van der Waals surface area contributed by atoms with Crippen molar-refractivity contribution in [1.29, 1.82) is 0 Å². The molecule has 0 saturated carbocycles. The van der Waals surface area contributed by atoms with Crippen molar-refractivity contribution in [3.63, 3.8) is 0 Å². The van der Waals surface area contributed by atoms with Gasteiger partial charge in [-0.25, -0.2) is 9.59 Å². The lowest BCUT2D eigenvalue weighted by Crippen LogP contribution is -2.03. The lowest BCUT2D eigenvalue weighted by Gasteiger charge is -2.01. The third-order valence-electron chi connectivity index (χ3n) is 3.37. The SMILES string of the molecule is CN.Cc1ccc(C(=O)O)cc1C(=O)O.c1ccc2ccccc2c1. The predicted molar refractivity (Wildman–Crippen MR) is 99.2 cm³/mol. The van der Waals surface area contributed by atoms with E-state index in [9.17, 15) is 9.59 Å². The fraction of sp³-hybridized carbons (Fsp3) is 0.100. The predicted octanol–water partition coefficient (Wildman–Crippen LogP) is 3.81. The van der Waals surface area contributed by atoms with E-state index in [0.29, 0.717) is 5.56 Å². The highest BCUT2D eigenvalue weighted by molar-refractivity contribution is 5.94. The van der Waals surface area contributed by atoms with Crippen LogP contribution in [-0.4, -0.2) is 29.2 Å². The van der Waals surface area contributed by atoms with Crippen molar-refractivity contribution in [3.8, 4) is 0 Å². The zero-order valence-corrected chi connectivity index (χ0v) is 14.1. The number of rotatable bonds is 2. The highest BCUT2D eigenvalue weighted by Gasteiger charge is 2.10. The van der Waals surface area contributed by atoms with Crippen LogP contribution in [0.15, 0.2) is 66.7 Å². The van der Waals surface area contributed by atoms with E-state index >= 15 is 0 Å². The Balaban J connectivity index is 0.000000233.